The lowest BCUT2D eigenvalue weighted by Gasteiger charge is -2.22. The molecule has 0 bridgehead atoms. The van der Waals surface area contributed by atoms with Gasteiger partial charge in [-0.15, -0.1) is 35.3 Å². The maximum Gasteiger partial charge on any atom is 0.310 e. The molecule has 0 radical (unpaired) electrons. The van der Waals surface area contributed by atoms with E-state index in [2.05, 4.69) is 42.8 Å². The number of fused-ring (bicyclic) bond motifs is 3. The maximum atomic E-state index is 13.7. The van der Waals surface area contributed by atoms with E-state index in [1.54, 1.807) is 54.6 Å². The molecule has 392 valence electrons. The van der Waals surface area contributed by atoms with Crippen LogP contribution in [0.2, 0.25) is 0 Å². The Hall–Kier alpha value is -2.78. The van der Waals surface area contributed by atoms with Crippen molar-refractivity contribution >= 4 is 111 Å². The zero-order chi connectivity index (χ0) is 50.9. The van der Waals surface area contributed by atoms with Crippen LogP contribution in [-0.2, 0) is 39.6 Å². The number of esters is 1. The van der Waals surface area contributed by atoms with Crippen LogP contribution >= 0.6 is 82.3 Å². The van der Waals surface area contributed by atoms with Crippen LogP contribution < -0.4 is 4.74 Å². The zero-order valence-electron chi connectivity index (χ0n) is 41.8. The molecule has 0 unspecified atom stereocenters. The third-order valence-corrected chi connectivity index (χ3v) is 21.4. The fourth-order valence-corrected chi connectivity index (χ4v) is 17.6. The Kier molecular flexibility index (Phi) is 26.0. The van der Waals surface area contributed by atoms with Gasteiger partial charge in [-0.2, -0.15) is 0 Å². The highest BCUT2D eigenvalue weighted by Gasteiger charge is 2.34. The molecule has 0 saturated heterocycles. The first kappa shape index (κ1) is 57.9. The molecule has 0 atom stereocenters. The van der Waals surface area contributed by atoms with Crippen molar-refractivity contribution in [3.05, 3.63) is 133 Å². The van der Waals surface area contributed by atoms with E-state index in [1.807, 2.05) is 83.1 Å². The quantitative estimate of drug-likeness (QED) is 0.0283. The maximum absolute atomic E-state index is 13.7. The van der Waals surface area contributed by atoms with Gasteiger partial charge in [0, 0.05) is 27.8 Å². The molecule has 10 nitrogen and oxygen atoms in total. The minimum Gasteiger partial charge on any atom is -0.463 e. The van der Waals surface area contributed by atoms with Gasteiger partial charge in [0.15, 0.2) is 11.6 Å². The third kappa shape index (κ3) is 18.4. The number of carbonyl (C=O) groups excluding carboxylic acids is 3. The Labute approximate surface area is 461 Å². The summed E-state index contributed by atoms with van der Waals surface area (Å²) in [5, 5.41) is 3.81. The lowest BCUT2D eigenvalue weighted by molar-refractivity contribution is -0.144. The lowest BCUT2D eigenvalue weighted by Crippen LogP contribution is -2.21. The molecule has 2 aliphatic heterocycles. The minimum absolute atomic E-state index is 0.0720. The van der Waals surface area contributed by atoms with E-state index in [9.17, 15) is 14.4 Å². The number of hydrogen-bond acceptors (Lipinski definition) is 17. The molecule has 0 saturated carbocycles. The van der Waals surface area contributed by atoms with Crippen molar-refractivity contribution < 1.29 is 47.5 Å². The number of ether oxygens (including phenoxy) is 7. The molecule has 0 amide bonds. The molecule has 7 rings (SSSR count). The van der Waals surface area contributed by atoms with Crippen LogP contribution in [0, 0.1) is 0 Å². The van der Waals surface area contributed by atoms with Crippen LogP contribution in [0.25, 0.3) is 10.8 Å². The summed E-state index contributed by atoms with van der Waals surface area (Å²) in [7, 11) is 0. The molecule has 2 heterocycles. The molecule has 3 aliphatic rings. The molecule has 0 aromatic heterocycles. The van der Waals surface area contributed by atoms with Gasteiger partial charge in [0.05, 0.1) is 99.2 Å². The van der Waals surface area contributed by atoms with E-state index in [-0.39, 0.29) is 42.7 Å². The van der Waals surface area contributed by atoms with E-state index in [0.29, 0.717) is 87.7 Å². The van der Waals surface area contributed by atoms with Crippen LogP contribution in [-0.4, -0.2) is 107 Å². The first-order valence-corrected chi connectivity index (χ1v) is 31.5. The van der Waals surface area contributed by atoms with Crippen molar-refractivity contribution in [3.63, 3.8) is 0 Å². The highest BCUT2D eigenvalue weighted by molar-refractivity contribution is 8.43. The SMILES string of the molecule is CCCCCCSC1=C(SCCCCCC)SC(=C2SC=C(SCCOCCOCCOCCOCCOCCOC(=O)Cc3ccc(Oc4c5c(cc6ccccc46)C(=O)c4ccccc4C5=O)cc3)S2)S1. The van der Waals surface area contributed by atoms with Gasteiger partial charge in [0.25, 0.3) is 0 Å². The number of benzene rings is 4. The van der Waals surface area contributed by atoms with Gasteiger partial charge >= 0.3 is 5.97 Å². The van der Waals surface area contributed by atoms with Crippen LogP contribution in [0.5, 0.6) is 11.5 Å². The Balaban J connectivity index is 0.663. The summed E-state index contributed by atoms with van der Waals surface area (Å²) in [5.41, 5.74) is 2.05. The molecule has 4 aromatic rings. The molecule has 17 heteroatoms. The second-order valence-electron chi connectivity index (χ2n) is 16.9. The van der Waals surface area contributed by atoms with Gasteiger partial charge in [-0.3, -0.25) is 14.4 Å². The van der Waals surface area contributed by atoms with Gasteiger partial charge in [0.2, 0.25) is 0 Å². The van der Waals surface area contributed by atoms with Gasteiger partial charge < -0.3 is 33.2 Å². The summed E-state index contributed by atoms with van der Waals surface area (Å²) in [5.74, 6) is 3.31. The number of unbranched alkanes of at least 4 members (excludes halogenated alkanes) is 6. The standard InChI is InChI=1S/C56H66O10S7/c1-3-5-7-13-34-68-53-54(69-35-14-8-6-4-2)73-56(72-53)55-70-39-48(71-55)67-36-33-64-30-29-62-26-25-60-23-24-61-27-28-63-31-32-65-47(57)37-40-19-21-42(22-20-40)66-52-43-16-10-9-15-41(43)38-46-49(52)51(59)45-18-12-11-17-44(45)50(46)58/h9-12,15-22,38-39H,3-8,13-14,23-37H2,1-2H3. The number of thioether (sulfide) groups is 7. The molecule has 1 aliphatic carbocycles. The van der Waals surface area contributed by atoms with E-state index >= 15 is 0 Å². The summed E-state index contributed by atoms with van der Waals surface area (Å²) < 4.78 is 47.3. The van der Waals surface area contributed by atoms with E-state index in [1.165, 1.54) is 84.1 Å². The molecular formula is C56H66O10S7. The van der Waals surface area contributed by atoms with Gasteiger partial charge in [0.1, 0.15) is 18.1 Å². The number of rotatable bonds is 35. The topological polar surface area (TPSA) is 116 Å². The first-order valence-electron chi connectivity index (χ1n) is 25.3. The molecule has 0 fully saturated rings. The molecular weight excluding hydrogens is 1060 g/mol. The van der Waals surface area contributed by atoms with Gasteiger partial charge in [-0.25, -0.2) is 0 Å². The van der Waals surface area contributed by atoms with E-state index in [0.717, 1.165) is 22.1 Å². The predicted molar refractivity (Wildman–Crippen MR) is 311 cm³/mol. The molecule has 0 N–H and O–H groups in total. The number of hydrogen-bond donors (Lipinski definition) is 0. The average molecular weight is 1120 g/mol. The minimum atomic E-state index is -0.381. The highest BCUT2D eigenvalue weighted by atomic mass is 32.3. The van der Waals surface area contributed by atoms with Crippen molar-refractivity contribution in [1.82, 2.24) is 0 Å². The van der Waals surface area contributed by atoms with Crippen molar-refractivity contribution in [3.8, 4) is 11.5 Å². The largest absolute Gasteiger partial charge is 0.463 e. The third-order valence-electron chi connectivity index (χ3n) is 11.5. The van der Waals surface area contributed by atoms with Crippen molar-refractivity contribution in [2.45, 2.75) is 71.6 Å². The number of ketones is 2. The second kappa shape index (κ2) is 32.7. The monoisotopic (exact) mass is 1120 g/mol. The second-order valence-corrected chi connectivity index (χ2v) is 25.5. The van der Waals surface area contributed by atoms with E-state index < -0.39 is 0 Å². The van der Waals surface area contributed by atoms with Gasteiger partial charge in [-0.1, -0.05) is 160 Å². The predicted octanol–water partition coefficient (Wildman–Crippen LogP) is 14.9. The molecule has 73 heavy (non-hydrogen) atoms. The highest BCUT2D eigenvalue weighted by Crippen LogP contribution is 2.63. The smallest absolute Gasteiger partial charge is 0.310 e. The summed E-state index contributed by atoms with van der Waals surface area (Å²) in [4.78, 5) is 39.8. The molecule has 4 aromatic carbocycles. The Bertz CT molecular complexity index is 2500. The lowest BCUT2D eigenvalue weighted by atomic mass is 9.82. The first-order chi connectivity index (χ1) is 35.9. The summed E-state index contributed by atoms with van der Waals surface area (Å²) >= 11 is 13.8. The van der Waals surface area contributed by atoms with Crippen LogP contribution in [0.1, 0.15) is 103 Å². The Morgan fingerprint density at radius 1 is 0.534 bits per heavy atom. The van der Waals surface area contributed by atoms with E-state index in [4.69, 9.17) is 33.2 Å². The van der Waals surface area contributed by atoms with Gasteiger partial charge in [-0.05, 0) is 58.9 Å². The van der Waals surface area contributed by atoms with Crippen molar-refractivity contribution in [1.29, 1.82) is 0 Å². The van der Waals surface area contributed by atoms with Crippen LogP contribution in [0.3, 0.4) is 0 Å². The Morgan fingerprint density at radius 2 is 1.10 bits per heavy atom. The average Bonchev–Trinajstić information content (AvgIpc) is 4.06. The fraction of sp³-hybridized carbons (Fsp3) is 0.446. The normalized spacial score (nSPS) is 14.4. The Morgan fingerprint density at radius 3 is 1.71 bits per heavy atom. The zero-order valence-corrected chi connectivity index (χ0v) is 47.5. The molecule has 0 spiro atoms. The summed E-state index contributed by atoms with van der Waals surface area (Å²) in [6, 6.07) is 23.2. The van der Waals surface area contributed by atoms with Crippen molar-refractivity contribution in [2.24, 2.45) is 0 Å². The number of carbonyl (C=O) groups is 3. The van der Waals surface area contributed by atoms with Crippen LogP contribution in [0.4, 0.5) is 0 Å². The summed E-state index contributed by atoms with van der Waals surface area (Å²) in [6.07, 6.45) is 10.6. The van der Waals surface area contributed by atoms with Crippen molar-refractivity contribution in [2.75, 3.05) is 89.9 Å². The van der Waals surface area contributed by atoms with Crippen LogP contribution in [0.15, 0.2) is 105 Å². The fourth-order valence-electron chi connectivity index (χ4n) is 7.71. The summed E-state index contributed by atoms with van der Waals surface area (Å²) in [6.45, 7) is 9.37.